The van der Waals surface area contributed by atoms with Crippen LogP contribution in [0.4, 0.5) is 5.00 Å². The summed E-state index contributed by atoms with van der Waals surface area (Å²) in [7, 11) is -1.61. The van der Waals surface area contributed by atoms with E-state index in [0.29, 0.717) is 10.4 Å². The second-order valence-corrected chi connectivity index (χ2v) is 7.41. The highest BCUT2D eigenvalue weighted by atomic mass is 32.2. The van der Waals surface area contributed by atoms with E-state index in [1.165, 1.54) is 44.6 Å². The van der Waals surface area contributed by atoms with E-state index in [4.69, 9.17) is 0 Å². The molecule has 0 amide bonds. The van der Waals surface area contributed by atoms with Gasteiger partial charge in [0.15, 0.2) is 0 Å². The van der Waals surface area contributed by atoms with Crippen molar-refractivity contribution in [1.82, 2.24) is 0 Å². The standard InChI is InChI=1S/C15H15NO6S2/c1-9-8-12(23-13(9)15(18)22-3)16-24(19,20)11-7-5-4-6-10(11)14(17)21-2/h4-8,16H,1-3H3. The van der Waals surface area contributed by atoms with Crippen LogP contribution in [0.25, 0.3) is 0 Å². The Labute approximate surface area is 143 Å². The highest BCUT2D eigenvalue weighted by Gasteiger charge is 2.24. The number of sulfonamides is 1. The highest BCUT2D eigenvalue weighted by molar-refractivity contribution is 7.93. The first-order chi connectivity index (χ1) is 11.3. The van der Waals surface area contributed by atoms with Gasteiger partial charge in [-0.15, -0.1) is 11.3 Å². The molecule has 24 heavy (non-hydrogen) atoms. The van der Waals surface area contributed by atoms with Crippen molar-refractivity contribution in [2.75, 3.05) is 18.9 Å². The Morgan fingerprint density at radius 3 is 2.33 bits per heavy atom. The Bertz CT molecular complexity index is 885. The van der Waals surface area contributed by atoms with Crippen LogP contribution in [-0.2, 0) is 19.5 Å². The summed E-state index contributed by atoms with van der Waals surface area (Å²) in [5.41, 5.74) is 0.514. The second kappa shape index (κ2) is 7.02. The molecule has 2 aromatic rings. The van der Waals surface area contributed by atoms with Crippen molar-refractivity contribution < 1.29 is 27.5 Å². The van der Waals surface area contributed by atoms with E-state index < -0.39 is 22.0 Å². The Morgan fingerprint density at radius 1 is 1.08 bits per heavy atom. The number of hydrogen-bond acceptors (Lipinski definition) is 7. The monoisotopic (exact) mass is 369 g/mol. The van der Waals surface area contributed by atoms with Crippen molar-refractivity contribution >= 4 is 38.3 Å². The van der Waals surface area contributed by atoms with E-state index in [0.717, 1.165) is 11.3 Å². The third kappa shape index (κ3) is 3.57. The van der Waals surface area contributed by atoms with E-state index in [9.17, 15) is 18.0 Å². The number of ether oxygens (including phenoxy) is 2. The zero-order valence-electron chi connectivity index (χ0n) is 13.2. The zero-order valence-corrected chi connectivity index (χ0v) is 14.8. The quantitative estimate of drug-likeness (QED) is 0.813. The highest BCUT2D eigenvalue weighted by Crippen LogP contribution is 2.30. The van der Waals surface area contributed by atoms with Crippen LogP contribution in [-0.4, -0.2) is 34.6 Å². The smallest absolute Gasteiger partial charge is 0.348 e. The van der Waals surface area contributed by atoms with Crippen LogP contribution in [0.1, 0.15) is 25.6 Å². The van der Waals surface area contributed by atoms with Gasteiger partial charge in [-0.2, -0.15) is 0 Å². The van der Waals surface area contributed by atoms with Gasteiger partial charge in [0, 0.05) is 0 Å². The maximum absolute atomic E-state index is 12.6. The molecule has 2 rings (SSSR count). The third-order valence-corrected chi connectivity index (χ3v) is 5.79. The normalized spacial score (nSPS) is 11.0. The zero-order chi connectivity index (χ0) is 17.9. The molecule has 0 atom stereocenters. The molecule has 1 aromatic carbocycles. The number of anilines is 1. The summed E-state index contributed by atoms with van der Waals surface area (Å²) in [5.74, 6) is -1.30. The van der Waals surface area contributed by atoms with Crippen LogP contribution in [0.3, 0.4) is 0 Å². The Balaban J connectivity index is 2.40. The van der Waals surface area contributed by atoms with Crippen molar-refractivity contribution in [2.45, 2.75) is 11.8 Å². The Hall–Kier alpha value is -2.39. The first kappa shape index (κ1) is 18.0. The van der Waals surface area contributed by atoms with Gasteiger partial charge in [0.1, 0.15) is 14.8 Å². The molecule has 7 nitrogen and oxygen atoms in total. The fraction of sp³-hybridized carbons (Fsp3) is 0.200. The Kier molecular flexibility index (Phi) is 5.25. The molecule has 0 unspecified atom stereocenters. The van der Waals surface area contributed by atoms with Crippen LogP contribution in [0.2, 0.25) is 0 Å². The van der Waals surface area contributed by atoms with Gasteiger partial charge >= 0.3 is 11.9 Å². The largest absolute Gasteiger partial charge is 0.465 e. The van der Waals surface area contributed by atoms with Crippen molar-refractivity contribution in [2.24, 2.45) is 0 Å². The fourth-order valence-electron chi connectivity index (χ4n) is 1.99. The summed E-state index contributed by atoms with van der Waals surface area (Å²) in [5, 5.41) is 0.243. The van der Waals surface area contributed by atoms with Crippen molar-refractivity contribution in [1.29, 1.82) is 0 Å². The first-order valence-electron chi connectivity index (χ1n) is 6.69. The summed E-state index contributed by atoms with van der Waals surface area (Å²) in [4.78, 5) is 23.5. The number of hydrogen-bond donors (Lipinski definition) is 1. The molecule has 0 saturated carbocycles. The lowest BCUT2D eigenvalue weighted by Crippen LogP contribution is -2.16. The number of aryl methyl sites for hydroxylation is 1. The number of carbonyl (C=O) groups is 2. The molecular formula is C15H15NO6S2. The van der Waals surface area contributed by atoms with Crippen LogP contribution >= 0.6 is 11.3 Å². The predicted octanol–water partition coefficient (Wildman–Crippen LogP) is 2.43. The molecule has 9 heteroatoms. The molecule has 0 aliphatic heterocycles. The van der Waals surface area contributed by atoms with E-state index in [2.05, 4.69) is 14.2 Å². The number of esters is 2. The fourth-order valence-corrected chi connectivity index (χ4v) is 4.47. The van der Waals surface area contributed by atoms with Crippen molar-refractivity contribution in [3.05, 3.63) is 46.3 Å². The number of carbonyl (C=O) groups excluding carboxylic acids is 2. The minimum Gasteiger partial charge on any atom is -0.465 e. The van der Waals surface area contributed by atoms with Gasteiger partial charge < -0.3 is 9.47 Å². The minimum atomic E-state index is -4.03. The number of methoxy groups -OCH3 is 2. The summed E-state index contributed by atoms with van der Waals surface area (Å²) >= 11 is 0.953. The van der Waals surface area contributed by atoms with E-state index in [1.807, 2.05) is 0 Å². The molecule has 128 valence electrons. The molecule has 0 saturated heterocycles. The number of benzene rings is 1. The average Bonchev–Trinajstić information content (AvgIpc) is 2.92. The molecule has 0 bridgehead atoms. The second-order valence-electron chi connectivity index (χ2n) is 4.71. The molecule has 0 spiro atoms. The van der Waals surface area contributed by atoms with Crippen LogP contribution < -0.4 is 4.72 Å². The lowest BCUT2D eigenvalue weighted by atomic mass is 10.2. The third-order valence-electron chi connectivity index (χ3n) is 3.11. The van der Waals surface area contributed by atoms with Gasteiger partial charge in [0.25, 0.3) is 10.0 Å². The van der Waals surface area contributed by atoms with Gasteiger partial charge in [-0.25, -0.2) is 18.0 Å². The minimum absolute atomic E-state index is 0.0750. The van der Waals surface area contributed by atoms with Gasteiger partial charge in [0.2, 0.25) is 0 Å². The number of thiophene rings is 1. The lowest BCUT2D eigenvalue weighted by Gasteiger charge is -2.09. The number of nitrogens with one attached hydrogen (secondary N) is 1. The number of rotatable bonds is 5. The summed E-state index contributed by atoms with van der Waals surface area (Å²) < 4.78 is 36.8. The van der Waals surface area contributed by atoms with Crippen LogP contribution in [0.15, 0.2) is 35.2 Å². The van der Waals surface area contributed by atoms with Crippen LogP contribution in [0.5, 0.6) is 0 Å². The van der Waals surface area contributed by atoms with E-state index in [-0.39, 0.29) is 15.5 Å². The Morgan fingerprint density at radius 2 is 1.71 bits per heavy atom. The van der Waals surface area contributed by atoms with E-state index >= 15 is 0 Å². The molecule has 1 N–H and O–H groups in total. The SMILES string of the molecule is COC(=O)c1ccccc1S(=O)(=O)Nc1cc(C)c(C(=O)OC)s1. The van der Waals surface area contributed by atoms with Crippen molar-refractivity contribution in [3.8, 4) is 0 Å². The molecule has 1 heterocycles. The molecular weight excluding hydrogens is 354 g/mol. The first-order valence-corrected chi connectivity index (χ1v) is 8.99. The molecule has 0 fully saturated rings. The molecule has 1 aromatic heterocycles. The summed E-state index contributed by atoms with van der Waals surface area (Å²) in [6.45, 7) is 1.67. The maximum atomic E-state index is 12.6. The van der Waals surface area contributed by atoms with E-state index in [1.54, 1.807) is 6.92 Å². The predicted molar refractivity (Wildman–Crippen MR) is 89.0 cm³/mol. The molecule has 0 aliphatic rings. The summed E-state index contributed by atoms with van der Waals surface area (Å²) in [6.07, 6.45) is 0. The molecule has 0 radical (unpaired) electrons. The molecule has 0 aliphatic carbocycles. The van der Waals surface area contributed by atoms with Crippen molar-refractivity contribution in [3.63, 3.8) is 0 Å². The van der Waals surface area contributed by atoms with Gasteiger partial charge in [-0.1, -0.05) is 12.1 Å². The summed E-state index contributed by atoms with van der Waals surface area (Å²) in [6, 6.07) is 7.22. The van der Waals surface area contributed by atoms with Gasteiger partial charge in [-0.05, 0) is 30.7 Å². The lowest BCUT2D eigenvalue weighted by molar-refractivity contribution is 0.0591. The average molecular weight is 369 g/mol. The maximum Gasteiger partial charge on any atom is 0.348 e. The topological polar surface area (TPSA) is 98.8 Å². The van der Waals surface area contributed by atoms with Crippen LogP contribution in [0, 0.1) is 6.92 Å². The van der Waals surface area contributed by atoms with Gasteiger partial charge in [-0.3, -0.25) is 4.72 Å². The van der Waals surface area contributed by atoms with Gasteiger partial charge in [0.05, 0.1) is 19.8 Å².